The Morgan fingerprint density at radius 3 is 2.74 bits per heavy atom. The van der Waals surface area contributed by atoms with E-state index in [4.69, 9.17) is 0 Å². The fourth-order valence-electron chi connectivity index (χ4n) is 3.10. The van der Waals surface area contributed by atoms with Crippen LogP contribution in [-0.4, -0.2) is 26.1 Å². The molecular formula is C19H21N5OS2. The summed E-state index contributed by atoms with van der Waals surface area (Å²) < 4.78 is 0. The molecule has 27 heavy (non-hydrogen) atoms. The van der Waals surface area contributed by atoms with Crippen LogP contribution in [0, 0.1) is 0 Å². The highest BCUT2D eigenvalue weighted by Gasteiger charge is 2.15. The zero-order valence-corrected chi connectivity index (χ0v) is 16.5. The monoisotopic (exact) mass is 399 g/mol. The average molecular weight is 400 g/mol. The normalized spacial score (nSPS) is 14.2. The number of H-pyrrole nitrogens is 1. The van der Waals surface area contributed by atoms with Gasteiger partial charge in [-0.05, 0) is 43.4 Å². The molecule has 0 bridgehead atoms. The first kappa shape index (κ1) is 18.2. The summed E-state index contributed by atoms with van der Waals surface area (Å²) in [5.74, 6) is 0.669. The molecule has 2 aromatic heterocycles. The second-order valence-electron chi connectivity index (χ2n) is 6.53. The van der Waals surface area contributed by atoms with E-state index >= 15 is 0 Å². The Kier molecular flexibility index (Phi) is 5.84. The Morgan fingerprint density at radius 2 is 1.96 bits per heavy atom. The van der Waals surface area contributed by atoms with Crippen molar-refractivity contribution < 1.29 is 4.79 Å². The molecule has 0 saturated heterocycles. The first-order valence-corrected chi connectivity index (χ1v) is 11.0. The molecule has 1 aliphatic rings. The number of carbonyl (C=O) groups is 1. The molecule has 2 heterocycles. The minimum atomic E-state index is -0.105. The van der Waals surface area contributed by atoms with Gasteiger partial charge in [0, 0.05) is 16.2 Å². The highest BCUT2D eigenvalue weighted by Crippen LogP contribution is 2.28. The zero-order chi connectivity index (χ0) is 18.5. The summed E-state index contributed by atoms with van der Waals surface area (Å²) in [6.45, 7) is 0. The molecule has 0 fully saturated rings. The predicted molar refractivity (Wildman–Crippen MR) is 108 cm³/mol. The molecule has 0 spiro atoms. The Bertz CT molecular complexity index is 864. The first-order chi connectivity index (χ1) is 13.3. The first-order valence-electron chi connectivity index (χ1n) is 9.15. The number of hydrogen-bond donors (Lipinski definition) is 2. The molecule has 1 aromatic carbocycles. The number of aryl methyl sites for hydroxylation is 2. The van der Waals surface area contributed by atoms with Crippen LogP contribution in [0.15, 0.2) is 35.7 Å². The highest BCUT2D eigenvalue weighted by atomic mass is 32.2. The lowest BCUT2D eigenvalue weighted by Crippen LogP contribution is -2.11. The van der Waals surface area contributed by atoms with E-state index in [-0.39, 0.29) is 5.91 Å². The minimum absolute atomic E-state index is 0.105. The molecule has 0 unspecified atom stereocenters. The molecule has 140 valence electrons. The Hall–Kier alpha value is -2.19. The quantitative estimate of drug-likeness (QED) is 0.619. The summed E-state index contributed by atoms with van der Waals surface area (Å²) in [6.07, 6.45) is 8.59. The number of rotatable bonds is 5. The SMILES string of the molecule is O=C(Nc1nc2c(s1)CCCCCC2)c1ccc(CSc2ncn[nH]2)cc1. The average Bonchev–Trinajstić information content (AvgIpc) is 3.31. The summed E-state index contributed by atoms with van der Waals surface area (Å²) in [4.78, 5) is 22.6. The smallest absolute Gasteiger partial charge is 0.257 e. The van der Waals surface area contributed by atoms with Crippen molar-refractivity contribution in [3.63, 3.8) is 0 Å². The number of benzene rings is 1. The van der Waals surface area contributed by atoms with E-state index in [1.165, 1.54) is 42.6 Å². The molecule has 6 nitrogen and oxygen atoms in total. The summed E-state index contributed by atoms with van der Waals surface area (Å²) >= 11 is 3.21. The molecule has 3 aromatic rings. The molecular weight excluding hydrogens is 378 g/mol. The van der Waals surface area contributed by atoms with Crippen molar-refractivity contribution in [2.45, 2.75) is 49.4 Å². The van der Waals surface area contributed by atoms with Crippen LogP contribution in [-0.2, 0) is 18.6 Å². The van der Waals surface area contributed by atoms with Crippen molar-refractivity contribution in [1.82, 2.24) is 20.2 Å². The van der Waals surface area contributed by atoms with Crippen molar-refractivity contribution in [1.29, 1.82) is 0 Å². The molecule has 1 amide bonds. The van der Waals surface area contributed by atoms with E-state index in [9.17, 15) is 4.79 Å². The number of amides is 1. The third-order valence-electron chi connectivity index (χ3n) is 4.55. The molecule has 2 N–H and O–H groups in total. The molecule has 0 radical (unpaired) electrons. The second kappa shape index (κ2) is 8.67. The largest absolute Gasteiger partial charge is 0.298 e. The van der Waals surface area contributed by atoms with E-state index in [0.717, 1.165) is 34.4 Å². The van der Waals surface area contributed by atoms with Crippen LogP contribution >= 0.6 is 23.1 Å². The molecule has 0 saturated carbocycles. The number of carbonyl (C=O) groups excluding carboxylic acids is 1. The highest BCUT2D eigenvalue weighted by molar-refractivity contribution is 7.98. The minimum Gasteiger partial charge on any atom is -0.298 e. The number of thiazole rings is 1. The number of aromatic nitrogens is 4. The van der Waals surface area contributed by atoms with Crippen molar-refractivity contribution >= 4 is 34.1 Å². The Balaban J connectivity index is 1.37. The standard InChI is InChI=1S/C19H21N5OS2/c25-17(23-19-22-15-5-3-1-2-4-6-16(15)27-19)14-9-7-13(8-10-14)11-26-18-20-12-21-24-18/h7-10,12H,1-6,11H2,(H,20,21,24)(H,22,23,25). The second-order valence-corrected chi connectivity index (χ2v) is 8.58. The van der Waals surface area contributed by atoms with Gasteiger partial charge in [-0.1, -0.05) is 36.7 Å². The molecule has 4 rings (SSSR count). The topological polar surface area (TPSA) is 83.6 Å². The maximum absolute atomic E-state index is 12.5. The van der Waals surface area contributed by atoms with E-state index in [2.05, 4.69) is 25.5 Å². The van der Waals surface area contributed by atoms with Gasteiger partial charge >= 0.3 is 0 Å². The predicted octanol–water partition coefficient (Wildman–Crippen LogP) is 4.46. The summed E-state index contributed by atoms with van der Waals surface area (Å²) in [6, 6.07) is 7.66. The third kappa shape index (κ3) is 4.75. The lowest BCUT2D eigenvalue weighted by molar-refractivity contribution is 0.102. The van der Waals surface area contributed by atoms with E-state index in [1.54, 1.807) is 23.1 Å². The van der Waals surface area contributed by atoms with E-state index in [0.29, 0.717) is 5.56 Å². The summed E-state index contributed by atoms with van der Waals surface area (Å²) in [5.41, 5.74) is 2.95. The van der Waals surface area contributed by atoms with Gasteiger partial charge in [-0.2, -0.15) is 5.10 Å². The van der Waals surface area contributed by atoms with Gasteiger partial charge in [-0.25, -0.2) is 9.97 Å². The third-order valence-corrected chi connectivity index (χ3v) is 6.57. The van der Waals surface area contributed by atoms with Gasteiger partial charge in [0.1, 0.15) is 6.33 Å². The maximum atomic E-state index is 12.5. The van der Waals surface area contributed by atoms with Crippen LogP contribution in [0.4, 0.5) is 5.13 Å². The van der Waals surface area contributed by atoms with Gasteiger partial charge in [0.25, 0.3) is 5.91 Å². The van der Waals surface area contributed by atoms with Crippen LogP contribution < -0.4 is 5.32 Å². The number of thioether (sulfide) groups is 1. The number of hydrogen-bond acceptors (Lipinski definition) is 6. The number of anilines is 1. The van der Waals surface area contributed by atoms with Gasteiger partial charge in [0.15, 0.2) is 10.3 Å². The number of nitrogens with one attached hydrogen (secondary N) is 2. The molecule has 0 atom stereocenters. The molecule has 8 heteroatoms. The van der Waals surface area contributed by atoms with Crippen molar-refractivity contribution in [3.05, 3.63) is 52.3 Å². The van der Waals surface area contributed by atoms with Crippen molar-refractivity contribution in [2.24, 2.45) is 0 Å². The van der Waals surface area contributed by atoms with E-state index < -0.39 is 0 Å². The van der Waals surface area contributed by atoms with Gasteiger partial charge < -0.3 is 0 Å². The number of fused-ring (bicyclic) bond motifs is 1. The Labute approximate surface area is 166 Å². The number of nitrogens with zero attached hydrogens (tertiary/aromatic N) is 3. The lowest BCUT2D eigenvalue weighted by Gasteiger charge is -2.06. The van der Waals surface area contributed by atoms with Crippen LogP contribution in [0.2, 0.25) is 0 Å². The summed E-state index contributed by atoms with van der Waals surface area (Å²) in [7, 11) is 0. The lowest BCUT2D eigenvalue weighted by atomic mass is 10.0. The fraction of sp³-hybridized carbons (Fsp3) is 0.368. The maximum Gasteiger partial charge on any atom is 0.257 e. The van der Waals surface area contributed by atoms with Crippen LogP contribution in [0.3, 0.4) is 0 Å². The fourth-order valence-corrected chi connectivity index (χ4v) is 4.88. The van der Waals surface area contributed by atoms with Crippen LogP contribution in [0.25, 0.3) is 0 Å². The van der Waals surface area contributed by atoms with Gasteiger partial charge in [-0.15, -0.1) is 11.3 Å². The van der Waals surface area contributed by atoms with Crippen molar-refractivity contribution in [3.8, 4) is 0 Å². The van der Waals surface area contributed by atoms with Gasteiger partial charge in [0.05, 0.1) is 5.69 Å². The van der Waals surface area contributed by atoms with Crippen LogP contribution in [0.1, 0.15) is 52.2 Å². The molecule has 0 aliphatic heterocycles. The van der Waals surface area contributed by atoms with Crippen molar-refractivity contribution in [2.75, 3.05) is 5.32 Å². The summed E-state index contributed by atoms with van der Waals surface area (Å²) in [5, 5.41) is 11.1. The Morgan fingerprint density at radius 1 is 1.15 bits per heavy atom. The molecule has 1 aliphatic carbocycles. The zero-order valence-electron chi connectivity index (χ0n) is 14.9. The van der Waals surface area contributed by atoms with Gasteiger partial charge in [0.2, 0.25) is 0 Å². The van der Waals surface area contributed by atoms with Gasteiger partial charge in [-0.3, -0.25) is 15.2 Å². The number of aromatic amines is 1. The van der Waals surface area contributed by atoms with E-state index in [1.807, 2.05) is 24.3 Å². The van der Waals surface area contributed by atoms with Crippen LogP contribution in [0.5, 0.6) is 0 Å².